The Kier molecular flexibility index (Phi) is 2.83. The van der Waals surface area contributed by atoms with E-state index < -0.39 is 0 Å². The Bertz CT molecular complexity index is 415. The van der Waals surface area contributed by atoms with Gasteiger partial charge in [0.1, 0.15) is 5.75 Å². The molecule has 1 atom stereocenters. The summed E-state index contributed by atoms with van der Waals surface area (Å²) in [5, 5.41) is 0. The number of nitrogens with two attached hydrogens (primary N) is 1. The number of nitrogens with zero attached hydrogens (tertiary/aromatic N) is 1. The van der Waals surface area contributed by atoms with Crippen LogP contribution in [0.4, 0.5) is 5.69 Å². The second-order valence-electron chi connectivity index (χ2n) is 4.07. The maximum atomic E-state index is 11.7. The number of hydrogen-bond acceptors (Lipinski definition) is 3. The van der Waals surface area contributed by atoms with Gasteiger partial charge in [0.15, 0.2) is 0 Å². The standard InChI is InChI=1S/C12H16N2O2/c1-8(13)9-3-4-11-10(7-9)14(2)12(15)5-6-16-11/h3-4,7-8H,5-6,13H2,1-2H3. The van der Waals surface area contributed by atoms with Crippen LogP contribution in [0.25, 0.3) is 0 Å². The lowest BCUT2D eigenvalue weighted by atomic mass is 10.1. The Balaban J connectivity index is 2.46. The lowest BCUT2D eigenvalue weighted by Crippen LogP contribution is -2.25. The second kappa shape index (κ2) is 4.14. The van der Waals surface area contributed by atoms with E-state index >= 15 is 0 Å². The van der Waals surface area contributed by atoms with Gasteiger partial charge in [-0.2, -0.15) is 0 Å². The van der Waals surface area contributed by atoms with Crippen LogP contribution in [-0.4, -0.2) is 19.6 Å². The first kappa shape index (κ1) is 11.0. The molecule has 1 aromatic rings. The molecule has 0 saturated heterocycles. The van der Waals surface area contributed by atoms with E-state index in [-0.39, 0.29) is 11.9 Å². The molecule has 0 fully saturated rings. The summed E-state index contributed by atoms with van der Waals surface area (Å²) in [5.41, 5.74) is 7.63. The Morgan fingerprint density at radius 2 is 2.25 bits per heavy atom. The Hall–Kier alpha value is -1.55. The number of fused-ring (bicyclic) bond motifs is 1. The number of ether oxygens (including phenoxy) is 1. The maximum absolute atomic E-state index is 11.7. The molecule has 1 aliphatic rings. The van der Waals surface area contributed by atoms with Gasteiger partial charge >= 0.3 is 0 Å². The van der Waals surface area contributed by atoms with Crippen LogP contribution in [0.5, 0.6) is 5.75 Å². The van der Waals surface area contributed by atoms with Gasteiger partial charge in [0.05, 0.1) is 18.7 Å². The average Bonchev–Trinajstić information content (AvgIpc) is 2.40. The van der Waals surface area contributed by atoms with E-state index in [1.165, 1.54) is 0 Å². The van der Waals surface area contributed by atoms with Gasteiger partial charge in [-0.1, -0.05) is 6.07 Å². The number of carbonyl (C=O) groups excluding carboxylic acids is 1. The molecule has 1 aliphatic heterocycles. The summed E-state index contributed by atoms with van der Waals surface area (Å²) < 4.78 is 5.52. The number of hydrogen-bond donors (Lipinski definition) is 1. The first-order valence-corrected chi connectivity index (χ1v) is 5.38. The number of anilines is 1. The minimum absolute atomic E-state index is 0.0444. The molecule has 4 nitrogen and oxygen atoms in total. The molecular weight excluding hydrogens is 204 g/mol. The Labute approximate surface area is 95.0 Å². The number of benzene rings is 1. The van der Waals surface area contributed by atoms with Gasteiger partial charge in [-0.25, -0.2) is 0 Å². The molecule has 0 bridgehead atoms. The minimum Gasteiger partial charge on any atom is -0.491 e. The molecule has 1 heterocycles. The molecule has 0 aliphatic carbocycles. The zero-order valence-corrected chi connectivity index (χ0v) is 9.56. The summed E-state index contributed by atoms with van der Waals surface area (Å²) in [6.45, 7) is 2.36. The highest BCUT2D eigenvalue weighted by atomic mass is 16.5. The smallest absolute Gasteiger partial charge is 0.230 e. The molecule has 1 aromatic carbocycles. The number of carbonyl (C=O) groups is 1. The van der Waals surface area contributed by atoms with Crippen molar-refractivity contribution in [1.82, 2.24) is 0 Å². The topological polar surface area (TPSA) is 55.6 Å². The van der Waals surface area contributed by atoms with E-state index in [4.69, 9.17) is 10.5 Å². The van der Waals surface area contributed by atoms with E-state index in [1.807, 2.05) is 25.1 Å². The van der Waals surface area contributed by atoms with Crippen LogP contribution in [0.3, 0.4) is 0 Å². The summed E-state index contributed by atoms with van der Waals surface area (Å²) in [5.74, 6) is 0.818. The monoisotopic (exact) mass is 220 g/mol. The average molecular weight is 220 g/mol. The third-order valence-corrected chi connectivity index (χ3v) is 2.82. The van der Waals surface area contributed by atoms with Gasteiger partial charge in [0.25, 0.3) is 0 Å². The molecule has 0 spiro atoms. The van der Waals surface area contributed by atoms with Crippen LogP contribution in [0.15, 0.2) is 18.2 Å². The molecule has 4 heteroatoms. The summed E-state index contributed by atoms with van der Waals surface area (Å²) in [4.78, 5) is 13.3. The fourth-order valence-electron chi connectivity index (χ4n) is 1.75. The fourth-order valence-corrected chi connectivity index (χ4v) is 1.75. The zero-order valence-electron chi connectivity index (χ0n) is 9.56. The number of rotatable bonds is 1. The van der Waals surface area contributed by atoms with Gasteiger partial charge in [-0.15, -0.1) is 0 Å². The van der Waals surface area contributed by atoms with Crippen LogP contribution in [-0.2, 0) is 4.79 Å². The minimum atomic E-state index is -0.0444. The predicted octanol–water partition coefficient (Wildman–Crippen LogP) is 1.45. The summed E-state index contributed by atoms with van der Waals surface area (Å²) in [6, 6.07) is 5.69. The van der Waals surface area contributed by atoms with Gasteiger partial charge in [-0.3, -0.25) is 4.79 Å². The van der Waals surface area contributed by atoms with Crippen LogP contribution >= 0.6 is 0 Å². The zero-order chi connectivity index (χ0) is 11.7. The van der Waals surface area contributed by atoms with Gasteiger partial charge < -0.3 is 15.4 Å². The molecule has 2 rings (SSSR count). The SMILES string of the molecule is CC(N)c1ccc2c(c1)N(C)C(=O)CCO2. The maximum Gasteiger partial charge on any atom is 0.230 e. The van der Waals surface area contributed by atoms with E-state index in [0.717, 1.165) is 17.0 Å². The normalized spacial score (nSPS) is 17.4. The third kappa shape index (κ3) is 1.88. The second-order valence-corrected chi connectivity index (χ2v) is 4.07. The summed E-state index contributed by atoms with van der Waals surface area (Å²) in [6.07, 6.45) is 0.415. The van der Waals surface area contributed by atoms with Crippen LogP contribution < -0.4 is 15.4 Å². The van der Waals surface area contributed by atoms with E-state index in [1.54, 1.807) is 11.9 Å². The number of amides is 1. The van der Waals surface area contributed by atoms with Crippen molar-refractivity contribution >= 4 is 11.6 Å². The molecule has 1 unspecified atom stereocenters. The first-order chi connectivity index (χ1) is 7.59. The van der Waals surface area contributed by atoms with Crippen molar-refractivity contribution in [1.29, 1.82) is 0 Å². The quantitative estimate of drug-likeness (QED) is 0.779. The summed E-state index contributed by atoms with van der Waals surface area (Å²) in [7, 11) is 1.76. The van der Waals surface area contributed by atoms with Crippen LogP contribution in [0, 0.1) is 0 Å². The molecule has 1 amide bonds. The lowest BCUT2D eigenvalue weighted by molar-refractivity contribution is -0.118. The fraction of sp³-hybridized carbons (Fsp3) is 0.417. The highest BCUT2D eigenvalue weighted by Crippen LogP contribution is 2.32. The van der Waals surface area contributed by atoms with Crippen molar-refractivity contribution in [3.8, 4) is 5.75 Å². The molecular formula is C12H16N2O2. The van der Waals surface area contributed by atoms with Gasteiger partial charge in [0, 0.05) is 13.1 Å². The largest absolute Gasteiger partial charge is 0.491 e. The van der Waals surface area contributed by atoms with E-state index in [2.05, 4.69) is 0 Å². The van der Waals surface area contributed by atoms with E-state index in [0.29, 0.717) is 13.0 Å². The summed E-state index contributed by atoms with van der Waals surface area (Å²) >= 11 is 0. The van der Waals surface area contributed by atoms with Gasteiger partial charge in [-0.05, 0) is 24.6 Å². The van der Waals surface area contributed by atoms with Crippen molar-refractivity contribution in [2.24, 2.45) is 5.73 Å². The molecule has 16 heavy (non-hydrogen) atoms. The highest BCUT2D eigenvalue weighted by Gasteiger charge is 2.20. The lowest BCUT2D eigenvalue weighted by Gasteiger charge is -2.18. The van der Waals surface area contributed by atoms with Crippen molar-refractivity contribution < 1.29 is 9.53 Å². The van der Waals surface area contributed by atoms with Gasteiger partial charge in [0.2, 0.25) is 5.91 Å². The molecule has 2 N–H and O–H groups in total. The Morgan fingerprint density at radius 1 is 1.50 bits per heavy atom. The van der Waals surface area contributed by atoms with Crippen molar-refractivity contribution in [2.75, 3.05) is 18.6 Å². The molecule has 86 valence electrons. The molecule has 0 aromatic heterocycles. The predicted molar refractivity (Wildman–Crippen MR) is 62.6 cm³/mol. The first-order valence-electron chi connectivity index (χ1n) is 5.38. The van der Waals surface area contributed by atoms with Crippen molar-refractivity contribution in [2.45, 2.75) is 19.4 Å². The molecule has 0 radical (unpaired) electrons. The van der Waals surface area contributed by atoms with Crippen molar-refractivity contribution in [3.63, 3.8) is 0 Å². The van der Waals surface area contributed by atoms with Crippen LogP contribution in [0.1, 0.15) is 24.9 Å². The van der Waals surface area contributed by atoms with Crippen LogP contribution in [0.2, 0.25) is 0 Å². The molecule has 0 saturated carbocycles. The van der Waals surface area contributed by atoms with E-state index in [9.17, 15) is 4.79 Å². The Morgan fingerprint density at radius 3 is 2.94 bits per heavy atom. The third-order valence-electron chi connectivity index (χ3n) is 2.82. The highest BCUT2D eigenvalue weighted by molar-refractivity contribution is 5.95. The van der Waals surface area contributed by atoms with Crippen molar-refractivity contribution in [3.05, 3.63) is 23.8 Å².